The van der Waals surface area contributed by atoms with Crippen LogP contribution in [-0.2, 0) is 6.54 Å². The first-order valence-corrected chi connectivity index (χ1v) is 6.70. The average molecular weight is 220 g/mol. The van der Waals surface area contributed by atoms with E-state index in [1.54, 1.807) is 0 Å². The predicted molar refractivity (Wildman–Crippen MR) is 69.5 cm³/mol. The van der Waals surface area contributed by atoms with E-state index in [0.29, 0.717) is 0 Å². The van der Waals surface area contributed by atoms with E-state index in [0.717, 1.165) is 0 Å². The van der Waals surface area contributed by atoms with Gasteiger partial charge in [0.2, 0.25) is 0 Å². The van der Waals surface area contributed by atoms with Gasteiger partial charge >= 0.3 is 0 Å². The molecular weight excluding hydrogens is 194 g/mol. The molecular formula is C15H26N+. The highest BCUT2D eigenvalue weighted by atomic mass is 14.9. The standard InChI is InChI=1S/C15H26N/c1-4-5-6-7-8-9-12-16-13-14(2)10-11-15(16)3/h10-11,13H,4-9,12H2,1-3H3/q+1. The summed E-state index contributed by atoms with van der Waals surface area (Å²) in [5.74, 6) is 0. The lowest BCUT2D eigenvalue weighted by atomic mass is 10.1. The van der Waals surface area contributed by atoms with Crippen molar-refractivity contribution < 1.29 is 4.57 Å². The monoisotopic (exact) mass is 220 g/mol. The lowest BCUT2D eigenvalue weighted by molar-refractivity contribution is -0.703. The largest absolute Gasteiger partial charge is 0.202 e. The first-order valence-electron chi connectivity index (χ1n) is 6.70. The summed E-state index contributed by atoms with van der Waals surface area (Å²) < 4.78 is 2.38. The zero-order valence-corrected chi connectivity index (χ0v) is 11.1. The number of nitrogens with zero attached hydrogens (tertiary/aromatic N) is 1. The van der Waals surface area contributed by atoms with Gasteiger partial charge in [0.15, 0.2) is 11.9 Å². The van der Waals surface area contributed by atoms with Gasteiger partial charge in [-0.2, -0.15) is 0 Å². The second-order valence-electron chi connectivity index (χ2n) is 4.81. The molecule has 0 aliphatic carbocycles. The van der Waals surface area contributed by atoms with Crippen LogP contribution in [0.25, 0.3) is 0 Å². The molecule has 16 heavy (non-hydrogen) atoms. The topological polar surface area (TPSA) is 3.88 Å². The van der Waals surface area contributed by atoms with Crippen molar-refractivity contribution in [2.45, 2.75) is 65.8 Å². The van der Waals surface area contributed by atoms with E-state index in [-0.39, 0.29) is 0 Å². The van der Waals surface area contributed by atoms with E-state index in [4.69, 9.17) is 0 Å². The summed E-state index contributed by atoms with van der Waals surface area (Å²) in [6.07, 6.45) is 10.5. The van der Waals surface area contributed by atoms with E-state index in [9.17, 15) is 0 Å². The number of hydrogen-bond acceptors (Lipinski definition) is 0. The number of unbranched alkanes of at least 4 members (excludes halogenated alkanes) is 5. The van der Waals surface area contributed by atoms with Crippen molar-refractivity contribution in [2.75, 3.05) is 0 Å². The highest BCUT2D eigenvalue weighted by molar-refractivity contribution is 5.05. The molecule has 0 spiro atoms. The lowest BCUT2D eigenvalue weighted by Crippen LogP contribution is -2.36. The van der Waals surface area contributed by atoms with Crippen molar-refractivity contribution in [2.24, 2.45) is 0 Å². The minimum atomic E-state index is 1.18. The predicted octanol–water partition coefficient (Wildman–Crippen LogP) is 3.95. The van der Waals surface area contributed by atoms with Crippen LogP contribution in [0.15, 0.2) is 18.3 Å². The average Bonchev–Trinajstić information content (AvgIpc) is 2.28. The van der Waals surface area contributed by atoms with Crippen LogP contribution in [0.1, 0.15) is 56.7 Å². The van der Waals surface area contributed by atoms with Crippen LogP contribution in [-0.4, -0.2) is 0 Å². The molecule has 0 radical (unpaired) electrons. The van der Waals surface area contributed by atoms with Crippen molar-refractivity contribution in [1.82, 2.24) is 0 Å². The molecule has 0 aromatic carbocycles. The Labute approximate surface area is 101 Å². The summed E-state index contributed by atoms with van der Waals surface area (Å²) in [5, 5.41) is 0. The molecule has 0 bridgehead atoms. The second kappa shape index (κ2) is 7.43. The van der Waals surface area contributed by atoms with Crippen LogP contribution < -0.4 is 4.57 Å². The van der Waals surface area contributed by atoms with Gasteiger partial charge in [-0.3, -0.25) is 0 Å². The molecule has 1 heterocycles. The maximum Gasteiger partial charge on any atom is 0.178 e. The van der Waals surface area contributed by atoms with E-state index in [1.807, 2.05) is 0 Å². The molecule has 0 atom stereocenters. The van der Waals surface area contributed by atoms with Crippen molar-refractivity contribution in [3.05, 3.63) is 29.6 Å². The Kier molecular flexibility index (Phi) is 6.14. The van der Waals surface area contributed by atoms with Gasteiger partial charge in [-0.25, -0.2) is 4.57 Å². The van der Waals surface area contributed by atoms with Crippen molar-refractivity contribution in [3.8, 4) is 0 Å². The smallest absolute Gasteiger partial charge is 0.178 e. The molecule has 1 aromatic rings. The van der Waals surface area contributed by atoms with E-state index < -0.39 is 0 Å². The van der Waals surface area contributed by atoms with Crippen LogP contribution in [0.5, 0.6) is 0 Å². The van der Waals surface area contributed by atoms with E-state index in [2.05, 4.69) is 43.7 Å². The molecule has 0 unspecified atom stereocenters. The van der Waals surface area contributed by atoms with Gasteiger partial charge in [0.25, 0.3) is 0 Å². The van der Waals surface area contributed by atoms with Gasteiger partial charge in [0.1, 0.15) is 6.54 Å². The summed E-state index contributed by atoms with van der Waals surface area (Å²) in [6, 6.07) is 4.40. The van der Waals surface area contributed by atoms with Crippen molar-refractivity contribution in [3.63, 3.8) is 0 Å². The van der Waals surface area contributed by atoms with Crippen LogP contribution >= 0.6 is 0 Å². The third-order valence-corrected chi connectivity index (χ3v) is 3.15. The molecule has 1 nitrogen and oxygen atoms in total. The van der Waals surface area contributed by atoms with Gasteiger partial charge in [0, 0.05) is 25.0 Å². The Morgan fingerprint density at radius 1 is 0.938 bits per heavy atom. The van der Waals surface area contributed by atoms with Crippen molar-refractivity contribution in [1.29, 1.82) is 0 Å². The molecule has 0 N–H and O–H groups in total. The summed E-state index contributed by atoms with van der Waals surface area (Å²) in [4.78, 5) is 0. The fourth-order valence-corrected chi connectivity index (χ4v) is 2.04. The zero-order valence-electron chi connectivity index (χ0n) is 11.1. The molecule has 0 saturated carbocycles. The molecule has 1 aromatic heterocycles. The highest BCUT2D eigenvalue weighted by Crippen LogP contribution is 2.05. The summed E-state index contributed by atoms with van der Waals surface area (Å²) in [7, 11) is 0. The Hall–Kier alpha value is -0.850. The number of aryl methyl sites for hydroxylation is 3. The summed E-state index contributed by atoms with van der Waals surface area (Å²) >= 11 is 0. The maximum atomic E-state index is 2.38. The normalized spacial score (nSPS) is 10.7. The Bertz CT molecular complexity index is 304. The Morgan fingerprint density at radius 3 is 2.38 bits per heavy atom. The van der Waals surface area contributed by atoms with Gasteiger partial charge in [-0.05, 0) is 19.4 Å². The SMILES string of the molecule is CCCCCCCC[n+]1cc(C)ccc1C. The Morgan fingerprint density at radius 2 is 1.62 bits per heavy atom. The highest BCUT2D eigenvalue weighted by Gasteiger charge is 2.05. The first kappa shape index (κ1) is 13.2. The molecule has 0 amide bonds. The summed E-state index contributed by atoms with van der Waals surface area (Å²) in [6.45, 7) is 7.80. The molecule has 0 fully saturated rings. The van der Waals surface area contributed by atoms with E-state index >= 15 is 0 Å². The first-order chi connectivity index (χ1) is 7.74. The molecule has 0 aliphatic heterocycles. The molecule has 0 saturated heterocycles. The third-order valence-electron chi connectivity index (χ3n) is 3.15. The number of rotatable bonds is 7. The fourth-order valence-electron chi connectivity index (χ4n) is 2.04. The Balaban J connectivity index is 2.23. The number of hydrogen-bond donors (Lipinski definition) is 0. The van der Waals surface area contributed by atoms with Gasteiger partial charge in [-0.15, -0.1) is 0 Å². The third kappa shape index (κ3) is 4.78. The second-order valence-corrected chi connectivity index (χ2v) is 4.81. The number of aromatic nitrogens is 1. The molecule has 1 rings (SSSR count). The quantitative estimate of drug-likeness (QED) is 0.484. The fraction of sp³-hybridized carbons (Fsp3) is 0.667. The maximum absolute atomic E-state index is 2.38. The number of pyridine rings is 1. The molecule has 1 heteroatoms. The van der Waals surface area contributed by atoms with Crippen LogP contribution in [0.3, 0.4) is 0 Å². The van der Waals surface area contributed by atoms with Crippen LogP contribution in [0, 0.1) is 13.8 Å². The molecule has 90 valence electrons. The van der Waals surface area contributed by atoms with E-state index in [1.165, 1.54) is 56.3 Å². The summed E-state index contributed by atoms with van der Waals surface area (Å²) in [5.41, 5.74) is 2.73. The van der Waals surface area contributed by atoms with Gasteiger partial charge < -0.3 is 0 Å². The van der Waals surface area contributed by atoms with Gasteiger partial charge in [0.05, 0.1) is 0 Å². The minimum Gasteiger partial charge on any atom is -0.202 e. The van der Waals surface area contributed by atoms with Gasteiger partial charge in [-0.1, -0.05) is 32.6 Å². The van der Waals surface area contributed by atoms with Crippen LogP contribution in [0.2, 0.25) is 0 Å². The lowest BCUT2D eigenvalue weighted by Gasteiger charge is -2.02. The van der Waals surface area contributed by atoms with Crippen molar-refractivity contribution >= 4 is 0 Å². The minimum absolute atomic E-state index is 1.18. The van der Waals surface area contributed by atoms with Crippen LogP contribution in [0.4, 0.5) is 0 Å². The zero-order chi connectivity index (χ0) is 11.8. The molecule has 0 aliphatic rings.